The molecule has 0 radical (unpaired) electrons. The SMILES string of the molecule is CCC(C)N(CCOC)C1CCC(N)C1. The molecular formula is C12H26N2O. The van der Waals surface area contributed by atoms with Gasteiger partial charge in [0.1, 0.15) is 0 Å². The monoisotopic (exact) mass is 214 g/mol. The van der Waals surface area contributed by atoms with Crippen LogP contribution in [0.3, 0.4) is 0 Å². The van der Waals surface area contributed by atoms with E-state index in [0.717, 1.165) is 19.6 Å². The fourth-order valence-corrected chi connectivity index (χ4v) is 2.49. The Morgan fingerprint density at radius 2 is 2.20 bits per heavy atom. The molecular weight excluding hydrogens is 188 g/mol. The van der Waals surface area contributed by atoms with Gasteiger partial charge in [0.25, 0.3) is 0 Å². The Hall–Kier alpha value is -0.120. The van der Waals surface area contributed by atoms with Crippen LogP contribution in [0.1, 0.15) is 39.5 Å². The molecule has 0 heterocycles. The highest BCUT2D eigenvalue weighted by Crippen LogP contribution is 2.25. The Balaban J connectivity index is 2.47. The van der Waals surface area contributed by atoms with Crippen molar-refractivity contribution in [2.24, 2.45) is 5.73 Å². The van der Waals surface area contributed by atoms with Crippen molar-refractivity contribution in [2.75, 3.05) is 20.3 Å². The molecule has 3 heteroatoms. The molecule has 0 aromatic rings. The molecule has 1 aliphatic rings. The number of rotatable bonds is 6. The third-order valence-corrected chi connectivity index (χ3v) is 3.63. The number of nitrogens with zero attached hydrogens (tertiary/aromatic N) is 1. The first-order valence-corrected chi connectivity index (χ1v) is 6.19. The molecule has 2 N–H and O–H groups in total. The van der Waals surface area contributed by atoms with Crippen LogP contribution in [0.4, 0.5) is 0 Å². The predicted molar refractivity (Wildman–Crippen MR) is 63.9 cm³/mol. The van der Waals surface area contributed by atoms with Crippen LogP contribution < -0.4 is 5.73 Å². The lowest BCUT2D eigenvalue weighted by Gasteiger charge is -2.34. The van der Waals surface area contributed by atoms with E-state index in [1.807, 2.05) is 0 Å². The Morgan fingerprint density at radius 1 is 1.47 bits per heavy atom. The summed E-state index contributed by atoms with van der Waals surface area (Å²) in [5, 5.41) is 0. The Bertz CT molecular complexity index is 175. The van der Waals surface area contributed by atoms with Gasteiger partial charge in [-0.3, -0.25) is 4.90 Å². The molecule has 1 aliphatic carbocycles. The maximum absolute atomic E-state index is 5.98. The number of hydrogen-bond acceptors (Lipinski definition) is 3. The average molecular weight is 214 g/mol. The summed E-state index contributed by atoms with van der Waals surface area (Å²) in [7, 11) is 1.77. The van der Waals surface area contributed by atoms with Gasteiger partial charge in [0, 0.05) is 31.8 Å². The van der Waals surface area contributed by atoms with Crippen LogP contribution in [-0.2, 0) is 4.74 Å². The predicted octanol–water partition coefficient (Wildman–Crippen LogP) is 1.61. The molecule has 1 rings (SSSR count). The summed E-state index contributed by atoms with van der Waals surface area (Å²) in [6, 6.07) is 1.75. The first kappa shape index (κ1) is 12.9. The van der Waals surface area contributed by atoms with E-state index in [9.17, 15) is 0 Å². The lowest BCUT2D eigenvalue weighted by atomic mass is 10.1. The van der Waals surface area contributed by atoms with Crippen molar-refractivity contribution in [1.29, 1.82) is 0 Å². The minimum Gasteiger partial charge on any atom is -0.383 e. The summed E-state index contributed by atoms with van der Waals surface area (Å²) in [5.74, 6) is 0. The van der Waals surface area contributed by atoms with E-state index < -0.39 is 0 Å². The van der Waals surface area contributed by atoms with Gasteiger partial charge >= 0.3 is 0 Å². The van der Waals surface area contributed by atoms with Crippen LogP contribution >= 0.6 is 0 Å². The molecule has 0 amide bonds. The van der Waals surface area contributed by atoms with Crippen LogP contribution in [-0.4, -0.2) is 43.3 Å². The summed E-state index contributed by atoms with van der Waals surface area (Å²) in [4.78, 5) is 2.58. The van der Waals surface area contributed by atoms with Crippen LogP contribution in [0.2, 0.25) is 0 Å². The van der Waals surface area contributed by atoms with Crippen molar-refractivity contribution in [3.8, 4) is 0 Å². The average Bonchev–Trinajstić information content (AvgIpc) is 2.65. The number of ether oxygens (including phenoxy) is 1. The second-order valence-corrected chi connectivity index (χ2v) is 4.71. The third kappa shape index (κ3) is 3.74. The molecule has 0 saturated heterocycles. The second kappa shape index (κ2) is 6.46. The quantitative estimate of drug-likeness (QED) is 0.730. The van der Waals surface area contributed by atoms with Crippen LogP contribution in [0.25, 0.3) is 0 Å². The molecule has 0 aromatic carbocycles. The van der Waals surface area contributed by atoms with E-state index in [2.05, 4.69) is 18.7 Å². The van der Waals surface area contributed by atoms with Crippen molar-refractivity contribution >= 4 is 0 Å². The van der Waals surface area contributed by atoms with Gasteiger partial charge < -0.3 is 10.5 Å². The van der Waals surface area contributed by atoms with E-state index in [1.165, 1.54) is 19.3 Å². The second-order valence-electron chi connectivity index (χ2n) is 4.71. The highest BCUT2D eigenvalue weighted by Gasteiger charge is 2.29. The molecule has 3 nitrogen and oxygen atoms in total. The summed E-state index contributed by atoms with van der Waals surface area (Å²) < 4.78 is 5.18. The first-order valence-electron chi connectivity index (χ1n) is 6.19. The van der Waals surface area contributed by atoms with E-state index in [-0.39, 0.29) is 0 Å². The summed E-state index contributed by atoms with van der Waals surface area (Å²) >= 11 is 0. The minimum atomic E-state index is 0.420. The number of methoxy groups -OCH3 is 1. The third-order valence-electron chi connectivity index (χ3n) is 3.63. The topological polar surface area (TPSA) is 38.5 Å². The molecule has 1 fully saturated rings. The van der Waals surface area contributed by atoms with Crippen molar-refractivity contribution < 1.29 is 4.74 Å². The lowest BCUT2D eigenvalue weighted by Crippen LogP contribution is -2.42. The molecule has 15 heavy (non-hydrogen) atoms. The molecule has 90 valence electrons. The zero-order chi connectivity index (χ0) is 11.3. The van der Waals surface area contributed by atoms with Gasteiger partial charge in [-0.1, -0.05) is 6.92 Å². The van der Waals surface area contributed by atoms with Gasteiger partial charge in [-0.2, -0.15) is 0 Å². The van der Waals surface area contributed by atoms with Crippen molar-refractivity contribution in [3.63, 3.8) is 0 Å². The molecule has 0 spiro atoms. The van der Waals surface area contributed by atoms with Crippen LogP contribution in [0.5, 0.6) is 0 Å². The normalized spacial score (nSPS) is 28.6. The maximum Gasteiger partial charge on any atom is 0.0589 e. The van der Waals surface area contributed by atoms with Crippen LogP contribution in [0, 0.1) is 0 Å². The Kier molecular flexibility index (Phi) is 5.58. The van der Waals surface area contributed by atoms with Gasteiger partial charge in [0.05, 0.1) is 6.61 Å². The Labute approximate surface area is 94.0 Å². The molecule has 3 unspecified atom stereocenters. The zero-order valence-corrected chi connectivity index (χ0v) is 10.4. The number of nitrogens with two attached hydrogens (primary N) is 1. The summed E-state index contributed by atoms with van der Waals surface area (Å²) in [5.41, 5.74) is 5.98. The molecule has 0 aliphatic heterocycles. The van der Waals surface area contributed by atoms with E-state index >= 15 is 0 Å². The highest BCUT2D eigenvalue weighted by atomic mass is 16.5. The minimum absolute atomic E-state index is 0.420. The van der Waals surface area contributed by atoms with Crippen molar-refractivity contribution in [1.82, 2.24) is 4.90 Å². The molecule has 0 bridgehead atoms. The largest absolute Gasteiger partial charge is 0.383 e. The summed E-state index contributed by atoms with van der Waals surface area (Å²) in [6.45, 7) is 6.43. The molecule has 0 aromatic heterocycles. The fraction of sp³-hybridized carbons (Fsp3) is 1.00. The van der Waals surface area contributed by atoms with Gasteiger partial charge in [-0.15, -0.1) is 0 Å². The zero-order valence-electron chi connectivity index (χ0n) is 10.4. The first-order chi connectivity index (χ1) is 7.19. The van der Waals surface area contributed by atoms with Gasteiger partial charge in [-0.25, -0.2) is 0 Å². The molecule has 3 atom stereocenters. The van der Waals surface area contributed by atoms with Gasteiger partial charge in [0.2, 0.25) is 0 Å². The highest BCUT2D eigenvalue weighted by molar-refractivity contribution is 4.86. The molecule has 1 saturated carbocycles. The Morgan fingerprint density at radius 3 is 2.67 bits per heavy atom. The standard InChI is InChI=1S/C12H26N2O/c1-4-10(2)14(7-8-15-3)12-6-5-11(13)9-12/h10-12H,4-9,13H2,1-3H3. The maximum atomic E-state index is 5.98. The van der Waals surface area contributed by atoms with E-state index in [4.69, 9.17) is 10.5 Å². The van der Waals surface area contributed by atoms with Crippen LogP contribution in [0.15, 0.2) is 0 Å². The van der Waals surface area contributed by atoms with Gasteiger partial charge in [-0.05, 0) is 32.6 Å². The number of hydrogen-bond donors (Lipinski definition) is 1. The van der Waals surface area contributed by atoms with E-state index in [0.29, 0.717) is 18.1 Å². The van der Waals surface area contributed by atoms with E-state index in [1.54, 1.807) is 7.11 Å². The lowest BCUT2D eigenvalue weighted by molar-refractivity contribution is 0.0893. The smallest absolute Gasteiger partial charge is 0.0589 e. The van der Waals surface area contributed by atoms with Crippen molar-refractivity contribution in [2.45, 2.75) is 57.7 Å². The van der Waals surface area contributed by atoms with Gasteiger partial charge in [0.15, 0.2) is 0 Å². The van der Waals surface area contributed by atoms with Crippen molar-refractivity contribution in [3.05, 3.63) is 0 Å². The summed E-state index contributed by atoms with van der Waals surface area (Å²) in [6.07, 6.45) is 4.81. The fourth-order valence-electron chi connectivity index (χ4n) is 2.49.